The second-order valence-electron chi connectivity index (χ2n) is 3.68. The largest absolute Gasteiger partial charge is 0.480 e. The summed E-state index contributed by atoms with van der Waals surface area (Å²) < 4.78 is 28.0. The molecule has 7 heteroatoms. The Balaban J connectivity index is 2.70. The Morgan fingerprint density at radius 1 is 1.32 bits per heavy atom. The number of benzene rings is 1. The van der Waals surface area contributed by atoms with Crippen LogP contribution in [0.1, 0.15) is 23.7 Å². The van der Waals surface area contributed by atoms with Crippen LogP contribution in [0.4, 0.5) is 8.78 Å². The summed E-state index contributed by atoms with van der Waals surface area (Å²) >= 11 is 0. The minimum absolute atomic E-state index is 0.0724. The van der Waals surface area contributed by atoms with Crippen LogP contribution < -0.4 is 10.1 Å². The first-order valence-electron chi connectivity index (χ1n) is 5.52. The van der Waals surface area contributed by atoms with Gasteiger partial charge in [0.05, 0.1) is 0 Å². The molecular formula is C12H13F2NO4. The molecule has 0 bridgehead atoms. The molecule has 1 aromatic carbocycles. The highest BCUT2D eigenvalue weighted by molar-refractivity contribution is 5.96. The number of hydrogen-bond donors (Lipinski definition) is 2. The van der Waals surface area contributed by atoms with E-state index in [2.05, 4.69) is 10.1 Å². The molecule has 0 unspecified atom stereocenters. The van der Waals surface area contributed by atoms with Crippen molar-refractivity contribution in [3.8, 4) is 5.75 Å². The molecule has 0 fully saturated rings. The lowest BCUT2D eigenvalue weighted by Gasteiger charge is -2.12. The van der Waals surface area contributed by atoms with Crippen molar-refractivity contribution < 1.29 is 28.2 Å². The summed E-state index contributed by atoms with van der Waals surface area (Å²) in [6.45, 7) is -1.31. The van der Waals surface area contributed by atoms with Crippen LogP contribution in [0.3, 0.4) is 0 Å². The fourth-order valence-electron chi connectivity index (χ4n) is 1.37. The maximum absolute atomic E-state index is 11.9. The molecule has 1 amide bonds. The van der Waals surface area contributed by atoms with Crippen molar-refractivity contribution in [1.82, 2.24) is 5.32 Å². The zero-order chi connectivity index (χ0) is 14.4. The van der Waals surface area contributed by atoms with Crippen LogP contribution in [0.5, 0.6) is 5.75 Å². The Morgan fingerprint density at radius 2 is 1.89 bits per heavy atom. The summed E-state index contributed by atoms with van der Waals surface area (Å²) in [5, 5.41) is 11.1. The van der Waals surface area contributed by atoms with Gasteiger partial charge in [-0.25, -0.2) is 4.79 Å². The van der Waals surface area contributed by atoms with E-state index < -0.39 is 24.5 Å². The summed E-state index contributed by atoms with van der Waals surface area (Å²) in [5.74, 6) is -1.79. The normalized spacial score (nSPS) is 12.0. The van der Waals surface area contributed by atoms with E-state index in [0.29, 0.717) is 0 Å². The van der Waals surface area contributed by atoms with Gasteiger partial charge in [0.15, 0.2) is 0 Å². The van der Waals surface area contributed by atoms with Gasteiger partial charge in [-0.05, 0) is 30.7 Å². The molecule has 1 rings (SSSR count). The molecule has 5 nitrogen and oxygen atoms in total. The standard InChI is InChI=1S/C12H13F2NO4/c1-2-9(11(17)18)15-10(16)7-3-5-8(6-4-7)19-12(13)14/h3-6,9,12H,2H2,1H3,(H,15,16)(H,17,18)/t9-/m0/s1. The molecule has 0 radical (unpaired) electrons. The second kappa shape index (κ2) is 6.67. The number of nitrogens with one attached hydrogen (secondary N) is 1. The molecule has 0 saturated heterocycles. The highest BCUT2D eigenvalue weighted by Gasteiger charge is 2.18. The fraction of sp³-hybridized carbons (Fsp3) is 0.333. The van der Waals surface area contributed by atoms with Crippen molar-refractivity contribution in [2.24, 2.45) is 0 Å². The Kier molecular flexibility index (Phi) is 5.23. The van der Waals surface area contributed by atoms with E-state index in [4.69, 9.17) is 5.11 Å². The number of amides is 1. The molecule has 0 aliphatic carbocycles. The van der Waals surface area contributed by atoms with E-state index in [1.54, 1.807) is 6.92 Å². The van der Waals surface area contributed by atoms with Gasteiger partial charge in [0.2, 0.25) is 0 Å². The Labute approximate surface area is 108 Å². The average Bonchev–Trinajstić information content (AvgIpc) is 2.35. The zero-order valence-corrected chi connectivity index (χ0v) is 10.1. The number of halogens is 2. The van der Waals surface area contributed by atoms with Gasteiger partial charge in [0.1, 0.15) is 11.8 Å². The van der Waals surface area contributed by atoms with Crippen LogP contribution in [-0.4, -0.2) is 29.6 Å². The van der Waals surface area contributed by atoms with E-state index >= 15 is 0 Å². The Hall–Kier alpha value is -2.18. The fourth-order valence-corrected chi connectivity index (χ4v) is 1.37. The van der Waals surface area contributed by atoms with Gasteiger partial charge in [-0.2, -0.15) is 8.78 Å². The van der Waals surface area contributed by atoms with E-state index in [1.807, 2.05) is 0 Å². The predicted octanol–water partition coefficient (Wildman–Crippen LogP) is 1.88. The Morgan fingerprint density at radius 3 is 2.32 bits per heavy atom. The lowest BCUT2D eigenvalue weighted by atomic mass is 10.1. The van der Waals surface area contributed by atoms with E-state index in [-0.39, 0.29) is 17.7 Å². The first-order valence-corrected chi connectivity index (χ1v) is 5.52. The van der Waals surface area contributed by atoms with E-state index in [9.17, 15) is 18.4 Å². The van der Waals surface area contributed by atoms with Gasteiger partial charge in [-0.1, -0.05) is 6.92 Å². The first kappa shape index (κ1) is 14.9. The van der Waals surface area contributed by atoms with Gasteiger partial charge in [-0.3, -0.25) is 4.79 Å². The van der Waals surface area contributed by atoms with E-state index in [1.165, 1.54) is 24.3 Å². The van der Waals surface area contributed by atoms with Gasteiger partial charge in [0, 0.05) is 5.56 Å². The molecule has 19 heavy (non-hydrogen) atoms. The highest BCUT2D eigenvalue weighted by atomic mass is 19.3. The summed E-state index contributed by atoms with van der Waals surface area (Å²) in [5.41, 5.74) is 0.168. The third kappa shape index (κ3) is 4.53. The number of aliphatic carboxylic acids is 1. The Bertz CT molecular complexity index is 448. The SMILES string of the molecule is CC[C@H](NC(=O)c1ccc(OC(F)F)cc1)C(=O)O. The monoisotopic (exact) mass is 273 g/mol. The average molecular weight is 273 g/mol. The minimum Gasteiger partial charge on any atom is -0.480 e. The molecule has 0 saturated carbocycles. The minimum atomic E-state index is -2.93. The maximum Gasteiger partial charge on any atom is 0.387 e. The summed E-state index contributed by atoms with van der Waals surface area (Å²) in [6, 6.07) is 4.00. The number of carbonyl (C=O) groups excluding carboxylic acids is 1. The third-order valence-corrected chi connectivity index (χ3v) is 2.35. The van der Waals surface area contributed by atoms with Crippen LogP contribution >= 0.6 is 0 Å². The molecule has 2 N–H and O–H groups in total. The molecule has 0 heterocycles. The van der Waals surface area contributed by atoms with E-state index in [0.717, 1.165) is 0 Å². The van der Waals surface area contributed by atoms with Crippen LogP contribution in [-0.2, 0) is 4.79 Å². The lowest BCUT2D eigenvalue weighted by molar-refractivity contribution is -0.139. The van der Waals surface area contributed by atoms with Crippen molar-refractivity contribution in [2.45, 2.75) is 26.0 Å². The summed E-state index contributed by atoms with van der Waals surface area (Å²) in [6.07, 6.45) is 0.244. The lowest BCUT2D eigenvalue weighted by Crippen LogP contribution is -2.40. The second-order valence-corrected chi connectivity index (χ2v) is 3.68. The molecule has 104 valence electrons. The molecule has 0 aromatic heterocycles. The van der Waals surface area contributed by atoms with Crippen LogP contribution in [0.25, 0.3) is 0 Å². The first-order chi connectivity index (χ1) is 8.93. The highest BCUT2D eigenvalue weighted by Crippen LogP contribution is 2.15. The number of ether oxygens (including phenoxy) is 1. The number of hydrogen-bond acceptors (Lipinski definition) is 3. The third-order valence-electron chi connectivity index (χ3n) is 2.35. The molecular weight excluding hydrogens is 260 g/mol. The molecule has 1 aromatic rings. The number of carboxylic acid groups (broad SMARTS) is 1. The summed E-state index contributed by atoms with van der Waals surface area (Å²) in [4.78, 5) is 22.4. The number of carbonyl (C=O) groups is 2. The van der Waals surface area contributed by atoms with Crippen LogP contribution in [0, 0.1) is 0 Å². The smallest absolute Gasteiger partial charge is 0.387 e. The van der Waals surface area contributed by atoms with Crippen molar-refractivity contribution in [2.75, 3.05) is 0 Å². The topological polar surface area (TPSA) is 75.6 Å². The van der Waals surface area contributed by atoms with Gasteiger partial charge < -0.3 is 15.2 Å². The molecule has 0 aliphatic rings. The van der Waals surface area contributed by atoms with Crippen molar-refractivity contribution in [3.05, 3.63) is 29.8 Å². The number of rotatable bonds is 6. The summed E-state index contributed by atoms with van der Waals surface area (Å²) in [7, 11) is 0. The quantitative estimate of drug-likeness (QED) is 0.829. The number of alkyl halides is 2. The van der Waals surface area contributed by atoms with Gasteiger partial charge in [-0.15, -0.1) is 0 Å². The van der Waals surface area contributed by atoms with Crippen molar-refractivity contribution in [3.63, 3.8) is 0 Å². The van der Waals surface area contributed by atoms with Gasteiger partial charge >= 0.3 is 12.6 Å². The predicted molar refractivity (Wildman–Crippen MR) is 62.3 cm³/mol. The molecule has 0 spiro atoms. The van der Waals surface area contributed by atoms with Crippen LogP contribution in [0.2, 0.25) is 0 Å². The van der Waals surface area contributed by atoms with Crippen LogP contribution in [0.15, 0.2) is 24.3 Å². The van der Waals surface area contributed by atoms with Gasteiger partial charge in [0.25, 0.3) is 5.91 Å². The van der Waals surface area contributed by atoms with Crippen molar-refractivity contribution in [1.29, 1.82) is 0 Å². The van der Waals surface area contributed by atoms with Crippen molar-refractivity contribution >= 4 is 11.9 Å². The zero-order valence-electron chi connectivity index (χ0n) is 10.1. The molecule has 1 atom stereocenters. The maximum atomic E-state index is 11.9. The number of carboxylic acids is 1. The molecule has 0 aliphatic heterocycles.